The van der Waals surface area contributed by atoms with Gasteiger partial charge in [0.1, 0.15) is 5.82 Å². The van der Waals surface area contributed by atoms with Crippen LogP contribution in [0.4, 0.5) is 4.39 Å². The number of thiophene rings is 1. The van der Waals surface area contributed by atoms with Gasteiger partial charge in [0.2, 0.25) is 5.91 Å². The van der Waals surface area contributed by atoms with Crippen LogP contribution < -0.4 is 0 Å². The fraction of sp³-hybridized carbons (Fsp3) is 0.200. The lowest BCUT2D eigenvalue weighted by atomic mass is 10.0. The van der Waals surface area contributed by atoms with Crippen LogP contribution in [0.2, 0.25) is 0 Å². The molecule has 0 saturated carbocycles. The van der Waals surface area contributed by atoms with Crippen molar-refractivity contribution < 1.29 is 9.18 Å². The summed E-state index contributed by atoms with van der Waals surface area (Å²) in [5, 5.41) is 7.90. The molecule has 0 aliphatic carbocycles. The first-order valence-corrected chi connectivity index (χ1v) is 7.20. The minimum absolute atomic E-state index is 0.106. The van der Waals surface area contributed by atoms with E-state index in [2.05, 4.69) is 5.10 Å². The van der Waals surface area contributed by atoms with E-state index in [-0.39, 0.29) is 17.8 Å². The summed E-state index contributed by atoms with van der Waals surface area (Å²) in [6.07, 6.45) is 0.658. The molecule has 1 aliphatic heterocycles. The number of carbonyl (C=O) groups excluding carboxylic acids is 1. The van der Waals surface area contributed by atoms with Crippen molar-refractivity contribution in [3.63, 3.8) is 0 Å². The van der Waals surface area contributed by atoms with Gasteiger partial charge in [-0.1, -0.05) is 18.2 Å². The van der Waals surface area contributed by atoms with Crippen LogP contribution in [0.15, 0.2) is 46.9 Å². The van der Waals surface area contributed by atoms with Crippen LogP contribution in [0.5, 0.6) is 0 Å². The maximum Gasteiger partial charge on any atom is 0.240 e. The van der Waals surface area contributed by atoms with Crippen molar-refractivity contribution in [1.82, 2.24) is 5.01 Å². The van der Waals surface area contributed by atoms with Crippen molar-refractivity contribution in [1.29, 1.82) is 0 Å². The van der Waals surface area contributed by atoms with Crippen molar-refractivity contribution in [2.24, 2.45) is 5.10 Å². The van der Waals surface area contributed by atoms with E-state index >= 15 is 0 Å². The molecule has 1 aliphatic rings. The molecule has 3 nitrogen and oxygen atoms in total. The summed E-state index contributed by atoms with van der Waals surface area (Å²) in [5.41, 5.74) is 1.81. The highest BCUT2D eigenvalue weighted by molar-refractivity contribution is 7.12. The molecular weight excluding hydrogens is 275 g/mol. The van der Waals surface area contributed by atoms with Crippen LogP contribution in [-0.2, 0) is 4.79 Å². The van der Waals surface area contributed by atoms with Crippen LogP contribution in [0.1, 0.15) is 29.8 Å². The van der Waals surface area contributed by atoms with Gasteiger partial charge in [0, 0.05) is 13.3 Å². The monoisotopic (exact) mass is 288 g/mol. The number of hydrogen-bond donors (Lipinski definition) is 0. The van der Waals surface area contributed by atoms with Gasteiger partial charge in [-0.15, -0.1) is 11.3 Å². The third-order valence-corrected chi connectivity index (χ3v) is 4.21. The first-order chi connectivity index (χ1) is 9.65. The second-order valence-corrected chi connectivity index (χ2v) is 5.61. The lowest BCUT2D eigenvalue weighted by Gasteiger charge is -2.20. The van der Waals surface area contributed by atoms with Crippen LogP contribution in [0.3, 0.4) is 0 Å². The summed E-state index contributed by atoms with van der Waals surface area (Å²) >= 11 is 1.60. The van der Waals surface area contributed by atoms with Gasteiger partial charge < -0.3 is 0 Å². The summed E-state index contributed by atoms with van der Waals surface area (Å²) in [5.74, 6) is -0.383. The van der Waals surface area contributed by atoms with E-state index in [0.29, 0.717) is 6.42 Å². The van der Waals surface area contributed by atoms with Gasteiger partial charge in [0.05, 0.1) is 16.6 Å². The number of hydrogen-bond acceptors (Lipinski definition) is 3. The highest BCUT2D eigenvalue weighted by Gasteiger charge is 2.31. The molecule has 3 rings (SSSR count). The Labute approximate surface area is 120 Å². The quantitative estimate of drug-likeness (QED) is 0.831. The van der Waals surface area contributed by atoms with Crippen LogP contribution in [0.25, 0.3) is 0 Å². The van der Waals surface area contributed by atoms with Gasteiger partial charge in [-0.3, -0.25) is 4.79 Å². The molecule has 0 saturated heterocycles. The number of hydrazone groups is 1. The van der Waals surface area contributed by atoms with Crippen molar-refractivity contribution in [3.8, 4) is 0 Å². The summed E-state index contributed by atoms with van der Waals surface area (Å²) in [6.45, 7) is 1.50. The third-order valence-electron chi connectivity index (χ3n) is 3.29. The molecule has 1 aromatic carbocycles. The van der Waals surface area contributed by atoms with Crippen molar-refractivity contribution >= 4 is 23.0 Å². The number of amides is 1. The third kappa shape index (κ3) is 2.36. The molecular formula is C15H13FN2OS. The fourth-order valence-electron chi connectivity index (χ4n) is 2.34. The molecule has 0 radical (unpaired) electrons. The van der Waals surface area contributed by atoms with Crippen LogP contribution in [0, 0.1) is 5.82 Å². The van der Waals surface area contributed by atoms with Gasteiger partial charge in [0.25, 0.3) is 0 Å². The van der Waals surface area contributed by atoms with E-state index in [1.54, 1.807) is 23.5 Å². The maximum atomic E-state index is 13.0. The Balaban J connectivity index is 1.93. The number of halogens is 1. The Kier molecular flexibility index (Phi) is 3.36. The number of rotatable bonds is 2. The van der Waals surface area contributed by atoms with E-state index in [1.807, 2.05) is 17.5 Å². The average Bonchev–Trinajstić information content (AvgIpc) is 3.08. The Morgan fingerprint density at radius 2 is 2.10 bits per heavy atom. The molecule has 1 amide bonds. The first-order valence-electron chi connectivity index (χ1n) is 6.32. The molecule has 0 N–H and O–H groups in total. The minimum atomic E-state index is -0.277. The van der Waals surface area contributed by atoms with E-state index < -0.39 is 0 Å². The molecule has 1 atom stereocenters. The zero-order valence-corrected chi connectivity index (χ0v) is 11.7. The largest absolute Gasteiger partial charge is 0.273 e. The van der Waals surface area contributed by atoms with Crippen molar-refractivity contribution in [2.45, 2.75) is 19.4 Å². The summed E-state index contributed by atoms with van der Waals surface area (Å²) in [4.78, 5) is 12.8. The Bertz CT molecular complexity index is 649. The van der Waals surface area contributed by atoms with Gasteiger partial charge in [-0.05, 0) is 29.1 Å². The normalized spacial score (nSPS) is 18.2. The number of benzene rings is 1. The first kappa shape index (κ1) is 13.0. The van der Waals surface area contributed by atoms with E-state index in [4.69, 9.17) is 0 Å². The predicted molar refractivity (Wildman–Crippen MR) is 77.1 cm³/mol. The van der Waals surface area contributed by atoms with E-state index in [0.717, 1.165) is 16.2 Å². The molecule has 0 spiro atoms. The maximum absolute atomic E-state index is 13.0. The molecule has 0 fully saturated rings. The topological polar surface area (TPSA) is 32.7 Å². The highest BCUT2D eigenvalue weighted by Crippen LogP contribution is 2.33. The number of nitrogens with zero attached hydrogens (tertiary/aromatic N) is 2. The Morgan fingerprint density at radius 3 is 2.70 bits per heavy atom. The summed E-state index contributed by atoms with van der Waals surface area (Å²) in [7, 11) is 0. The fourth-order valence-corrected chi connectivity index (χ4v) is 3.06. The smallest absolute Gasteiger partial charge is 0.240 e. The second kappa shape index (κ2) is 5.17. The van der Waals surface area contributed by atoms with Gasteiger partial charge in [-0.25, -0.2) is 9.40 Å². The lowest BCUT2D eigenvalue weighted by molar-refractivity contribution is -0.130. The minimum Gasteiger partial charge on any atom is -0.273 e. The molecule has 102 valence electrons. The van der Waals surface area contributed by atoms with Crippen LogP contribution in [-0.4, -0.2) is 16.6 Å². The SMILES string of the molecule is CC(=O)N1N=C(c2cccs2)C[C@@H]1c1ccc(F)cc1. The standard InChI is InChI=1S/C15H13FN2OS/c1-10(19)18-14(11-4-6-12(16)7-5-11)9-13(17-18)15-3-2-8-20-15/h2-8,14H,9H2,1H3/t14-/m1/s1. The molecule has 0 unspecified atom stereocenters. The van der Waals surface area contributed by atoms with Gasteiger partial charge in [0.15, 0.2) is 0 Å². The number of carbonyl (C=O) groups is 1. The van der Waals surface area contributed by atoms with Gasteiger partial charge in [-0.2, -0.15) is 5.10 Å². The van der Waals surface area contributed by atoms with E-state index in [9.17, 15) is 9.18 Å². The Hall–Kier alpha value is -2.01. The average molecular weight is 288 g/mol. The summed E-state index contributed by atoms with van der Waals surface area (Å²) < 4.78 is 13.0. The molecule has 1 aromatic heterocycles. The molecule has 0 bridgehead atoms. The molecule has 2 heterocycles. The zero-order chi connectivity index (χ0) is 14.1. The molecule has 20 heavy (non-hydrogen) atoms. The molecule has 2 aromatic rings. The Morgan fingerprint density at radius 1 is 1.35 bits per heavy atom. The zero-order valence-electron chi connectivity index (χ0n) is 10.9. The van der Waals surface area contributed by atoms with Gasteiger partial charge >= 0.3 is 0 Å². The van der Waals surface area contributed by atoms with Crippen molar-refractivity contribution in [2.75, 3.05) is 0 Å². The molecule has 5 heteroatoms. The lowest BCUT2D eigenvalue weighted by Crippen LogP contribution is -2.24. The second-order valence-electron chi connectivity index (χ2n) is 4.66. The van der Waals surface area contributed by atoms with E-state index in [1.165, 1.54) is 24.1 Å². The van der Waals surface area contributed by atoms with Crippen molar-refractivity contribution in [3.05, 3.63) is 58.0 Å². The van der Waals surface area contributed by atoms with Crippen LogP contribution >= 0.6 is 11.3 Å². The predicted octanol–water partition coefficient (Wildman–Crippen LogP) is 3.58. The highest BCUT2D eigenvalue weighted by atomic mass is 32.1. The summed E-state index contributed by atoms with van der Waals surface area (Å²) in [6, 6.07) is 10.1.